The van der Waals surface area contributed by atoms with Gasteiger partial charge in [0.25, 0.3) is 5.56 Å². The molecule has 1 aliphatic heterocycles. The van der Waals surface area contributed by atoms with E-state index in [2.05, 4.69) is 9.97 Å². The highest BCUT2D eigenvalue weighted by Crippen LogP contribution is 2.31. The molecule has 180 valence electrons. The Kier molecular flexibility index (Phi) is 5.78. The first kappa shape index (κ1) is 22.7. The predicted molar refractivity (Wildman–Crippen MR) is 125 cm³/mol. The first-order chi connectivity index (χ1) is 16.9. The number of aliphatic hydroxyl groups excluding tert-OH is 3. The Balaban J connectivity index is 1.61. The lowest BCUT2D eigenvalue weighted by Gasteiger charge is -2.24. The summed E-state index contributed by atoms with van der Waals surface area (Å²) in [4.78, 5) is 36.7. The zero-order valence-electron chi connectivity index (χ0n) is 18.2. The molecule has 0 spiro atoms. The molecule has 0 radical (unpaired) electrons. The van der Waals surface area contributed by atoms with E-state index in [0.29, 0.717) is 11.4 Å². The second kappa shape index (κ2) is 8.92. The van der Waals surface area contributed by atoms with Gasteiger partial charge >= 0.3 is 6.03 Å². The Morgan fingerprint density at radius 3 is 2.17 bits per heavy atom. The Hall–Kier alpha value is -4.10. The van der Waals surface area contributed by atoms with Gasteiger partial charge in [0, 0.05) is 0 Å². The van der Waals surface area contributed by atoms with Gasteiger partial charge in [0.05, 0.1) is 24.3 Å². The quantitative estimate of drug-likeness (QED) is 0.328. The second-order valence-electron chi connectivity index (χ2n) is 7.95. The molecule has 1 aliphatic rings. The number of para-hydroxylation sites is 2. The summed E-state index contributed by atoms with van der Waals surface area (Å²) < 4.78 is 7.46. The number of imidazole rings is 1. The maximum absolute atomic E-state index is 13.7. The molecule has 0 aliphatic carbocycles. The van der Waals surface area contributed by atoms with Crippen molar-refractivity contribution in [2.45, 2.75) is 24.5 Å². The number of nitrogens with two attached hydrogens (primary N) is 1. The van der Waals surface area contributed by atoms with Crippen LogP contribution >= 0.6 is 0 Å². The van der Waals surface area contributed by atoms with Gasteiger partial charge in [-0.25, -0.2) is 9.78 Å². The van der Waals surface area contributed by atoms with E-state index in [9.17, 15) is 24.9 Å². The standard InChI is InChI=1S/C23H22N6O6/c24-22-26-19-16(25-12-27(19)21-18(32)17(31)15(11-30)35-21)20(33)29(22)23(34)28(13-7-3-1-4-8-13)14-9-5-2-6-10-14/h1-10,12,15,17-18,21,30-32H,11H2,(H2,24,26)/t15-,17-,18-,21-/m1/s1. The van der Waals surface area contributed by atoms with Crippen molar-refractivity contribution in [3.05, 3.63) is 77.3 Å². The third kappa shape index (κ3) is 3.74. The minimum atomic E-state index is -1.41. The molecule has 5 N–H and O–H groups in total. The molecule has 3 heterocycles. The number of hydrogen-bond donors (Lipinski definition) is 4. The summed E-state index contributed by atoms with van der Waals surface area (Å²) in [5.41, 5.74) is 6.06. The summed E-state index contributed by atoms with van der Waals surface area (Å²) >= 11 is 0. The molecule has 12 nitrogen and oxygen atoms in total. The van der Waals surface area contributed by atoms with E-state index in [1.165, 1.54) is 15.8 Å². The summed E-state index contributed by atoms with van der Waals surface area (Å²) in [5.74, 6) is -0.405. The van der Waals surface area contributed by atoms with Gasteiger partial charge in [0.15, 0.2) is 17.4 Å². The Morgan fingerprint density at radius 2 is 1.63 bits per heavy atom. The van der Waals surface area contributed by atoms with Crippen LogP contribution in [0.4, 0.5) is 22.1 Å². The lowest BCUT2D eigenvalue weighted by molar-refractivity contribution is -0.0511. The fourth-order valence-corrected chi connectivity index (χ4v) is 4.09. The fraction of sp³-hybridized carbons (Fsp3) is 0.217. The largest absolute Gasteiger partial charge is 0.394 e. The molecule has 5 rings (SSSR count). The molecule has 0 bridgehead atoms. The number of aromatic nitrogens is 4. The summed E-state index contributed by atoms with van der Waals surface area (Å²) in [6.45, 7) is -0.521. The van der Waals surface area contributed by atoms with Crippen molar-refractivity contribution >= 4 is 34.5 Å². The monoisotopic (exact) mass is 478 g/mol. The van der Waals surface area contributed by atoms with Crippen molar-refractivity contribution in [2.24, 2.45) is 0 Å². The van der Waals surface area contributed by atoms with Crippen LogP contribution in [0.2, 0.25) is 0 Å². The predicted octanol–water partition coefficient (Wildman–Crippen LogP) is 0.593. The van der Waals surface area contributed by atoms with Crippen molar-refractivity contribution in [3.8, 4) is 0 Å². The van der Waals surface area contributed by atoms with Crippen molar-refractivity contribution in [3.63, 3.8) is 0 Å². The molecule has 12 heteroatoms. The van der Waals surface area contributed by atoms with E-state index in [0.717, 1.165) is 4.57 Å². The fourth-order valence-electron chi connectivity index (χ4n) is 4.09. The molecule has 4 atom stereocenters. The van der Waals surface area contributed by atoms with Crippen LogP contribution in [0.15, 0.2) is 71.8 Å². The molecule has 0 unspecified atom stereocenters. The van der Waals surface area contributed by atoms with Crippen LogP contribution in [0.3, 0.4) is 0 Å². The Morgan fingerprint density at radius 1 is 1.03 bits per heavy atom. The minimum absolute atomic E-state index is 0.0441. The smallest absolute Gasteiger partial charge is 0.343 e. The van der Waals surface area contributed by atoms with Crippen molar-refractivity contribution in [2.75, 3.05) is 17.2 Å². The molecule has 0 saturated carbocycles. The third-order valence-electron chi connectivity index (χ3n) is 5.83. The average molecular weight is 478 g/mol. The van der Waals surface area contributed by atoms with E-state index in [-0.39, 0.29) is 11.2 Å². The number of nitrogen functional groups attached to an aromatic ring is 1. The van der Waals surface area contributed by atoms with Crippen LogP contribution in [0, 0.1) is 0 Å². The van der Waals surface area contributed by atoms with Gasteiger partial charge in [-0.1, -0.05) is 36.4 Å². The molecular formula is C23H22N6O6. The van der Waals surface area contributed by atoms with Crippen LogP contribution in [0.5, 0.6) is 0 Å². The van der Waals surface area contributed by atoms with Crippen molar-refractivity contribution < 1.29 is 24.9 Å². The van der Waals surface area contributed by atoms with Gasteiger partial charge in [0.2, 0.25) is 5.95 Å². The molecule has 2 aromatic carbocycles. The second-order valence-corrected chi connectivity index (χ2v) is 7.95. The number of hydrogen-bond acceptors (Lipinski definition) is 9. The van der Waals surface area contributed by atoms with Crippen LogP contribution in [0.25, 0.3) is 11.2 Å². The van der Waals surface area contributed by atoms with Gasteiger partial charge in [0.1, 0.15) is 18.3 Å². The van der Waals surface area contributed by atoms with Gasteiger partial charge < -0.3 is 25.8 Å². The molecule has 1 amide bonds. The number of rotatable bonds is 4. The number of nitrogens with zero attached hydrogens (tertiary/aromatic N) is 5. The highest BCUT2D eigenvalue weighted by Gasteiger charge is 2.44. The summed E-state index contributed by atoms with van der Waals surface area (Å²) in [6.07, 6.45) is -3.78. The third-order valence-corrected chi connectivity index (χ3v) is 5.83. The Bertz CT molecular complexity index is 1380. The van der Waals surface area contributed by atoms with E-state index in [4.69, 9.17) is 10.5 Å². The first-order valence-electron chi connectivity index (χ1n) is 10.7. The molecule has 1 fully saturated rings. The zero-order valence-corrected chi connectivity index (χ0v) is 18.2. The number of benzene rings is 2. The molecule has 2 aromatic heterocycles. The van der Waals surface area contributed by atoms with E-state index >= 15 is 0 Å². The molecule has 1 saturated heterocycles. The topological polar surface area (TPSA) is 169 Å². The van der Waals surface area contributed by atoms with Crippen LogP contribution in [-0.2, 0) is 4.74 Å². The highest BCUT2D eigenvalue weighted by atomic mass is 16.6. The molecule has 35 heavy (non-hydrogen) atoms. The number of carbonyl (C=O) groups excluding carboxylic acids is 1. The highest BCUT2D eigenvalue weighted by molar-refractivity contribution is 6.02. The SMILES string of the molecule is Nc1nc2c(ncn2[C@@H]2O[C@H](CO)[C@@H](O)[C@H]2O)c(=O)n1C(=O)N(c1ccccc1)c1ccccc1. The summed E-state index contributed by atoms with van der Waals surface area (Å²) in [6, 6.07) is 16.7. The molecular weight excluding hydrogens is 456 g/mol. The van der Waals surface area contributed by atoms with Crippen molar-refractivity contribution in [1.82, 2.24) is 19.1 Å². The number of carbonyl (C=O) groups is 1. The van der Waals surface area contributed by atoms with Crippen LogP contribution in [0.1, 0.15) is 6.23 Å². The van der Waals surface area contributed by atoms with Gasteiger partial charge in [-0.3, -0.25) is 14.3 Å². The Labute approximate surface area is 198 Å². The van der Waals surface area contributed by atoms with Crippen molar-refractivity contribution in [1.29, 1.82) is 0 Å². The van der Waals surface area contributed by atoms with E-state index < -0.39 is 48.7 Å². The zero-order chi connectivity index (χ0) is 24.7. The van der Waals surface area contributed by atoms with Gasteiger partial charge in [-0.2, -0.15) is 9.55 Å². The number of aliphatic hydroxyl groups is 3. The lowest BCUT2D eigenvalue weighted by atomic mass is 10.1. The minimum Gasteiger partial charge on any atom is -0.394 e. The normalized spacial score (nSPS) is 21.9. The lowest BCUT2D eigenvalue weighted by Crippen LogP contribution is -2.39. The summed E-state index contributed by atoms with van der Waals surface area (Å²) in [5, 5.41) is 29.8. The molecule has 4 aromatic rings. The number of fused-ring (bicyclic) bond motifs is 1. The number of anilines is 3. The summed E-state index contributed by atoms with van der Waals surface area (Å²) in [7, 11) is 0. The van der Waals surface area contributed by atoms with E-state index in [1.807, 2.05) is 0 Å². The van der Waals surface area contributed by atoms with Crippen LogP contribution in [-0.4, -0.2) is 65.4 Å². The van der Waals surface area contributed by atoms with Crippen LogP contribution < -0.4 is 16.2 Å². The van der Waals surface area contributed by atoms with Gasteiger partial charge in [-0.15, -0.1) is 0 Å². The first-order valence-corrected chi connectivity index (χ1v) is 10.7. The maximum atomic E-state index is 13.7. The van der Waals surface area contributed by atoms with E-state index in [1.54, 1.807) is 60.7 Å². The number of amides is 1. The average Bonchev–Trinajstić information content (AvgIpc) is 3.41. The van der Waals surface area contributed by atoms with Gasteiger partial charge in [-0.05, 0) is 24.3 Å². The maximum Gasteiger partial charge on any atom is 0.343 e. The number of ether oxygens (including phenoxy) is 1.